The molecule has 0 radical (unpaired) electrons. The van der Waals surface area contributed by atoms with Crippen molar-refractivity contribution < 1.29 is 4.74 Å². The van der Waals surface area contributed by atoms with Crippen LogP contribution >= 0.6 is 0 Å². The molecule has 0 heterocycles. The zero-order valence-corrected chi connectivity index (χ0v) is 6.68. The Hall–Kier alpha value is -0.740. The Balaban J connectivity index is 3.19. The van der Waals surface area contributed by atoms with Crippen molar-refractivity contribution in [3.8, 4) is 11.8 Å². The van der Waals surface area contributed by atoms with Crippen LogP contribution in [0.1, 0.15) is 20.3 Å². The molecule has 56 valence electrons. The third-order valence-corrected chi connectivity index (χ3v) is 0.898. The molecule has 0 aliphatic carbocycles. The molecule has 0 saturated heterocycles. The molecule has 0 aliphatic rings. The standard InChI is InChI=1S/C9H14O/c1-3-5-6-7-8-9-10-4-2/h7-8H,3-4,9H2,1-2H3. The smallest absolute Gasteiger partial charge is 0.0656 e. The number of hydrogen-bond acceptors (Lipinski definition) is 1. The zero-order valence-electron chi connectivity index (χ0n) is 6.68. The predicted octanol–water partition coefficient (Wildman–Crippen LogP) is 1.99. The molecule has 0 aliphatic heterocycles. The van der Waals surface area contributed by atoms with Gasteiger partial charge in [-0.2, -0.15) is 0 Å². The van der Waals surface area contributed by atoms with Gasteiger partial charge in [0.1, 0.15) is 0 Å². The van der Waals surface area contributed by atoms with E-state index in [-0.39, 0.29) is 0 Å². The topological polar surface area (TPSA) is 9.23 Å². The number of hydrogen-bond donors (Lipinski definition) is 0. The van der Waals surface area contributed by atoms with E-state index in [4.69, 9.17) is 4.74 Å². The normalized spacial score (nSPS) is 9.40. The van der Waals surface area contributed by atoms with Crippen LogP contribution in [0.25, 0.3) is 0 Å². The van der Waals surface area contributed by atoms with E-state index in [1.807, 2.05) is 26.0 Å². The summed E-state index contributed by atoms with van der Waals surface area (Å²) in [5, 5.41) is 0. The highest BCUT2D eigenvalue weighted by atomic mass is 16.5. The highest BCUT2D eigenvalue weighted by Gasteiger charge is 1.71. The molecule has 0 N–H and O–H groups in total. The van der Waals surface area contributed by atoms with E-state index in [0.717, 1.165) is 13.0 Å². The van der Waals surface area contributed by atoms with Crippen LogP contribution in [0.5, 0.6) is 0 Å². The third kappa shape index (κ3) is 7.26. The summed E-state index contributed by atoms with van der Waals surface area (Å²) < 4.78 is 5.06. The van der Waals surface area contributed by atoms with Crippen molar-refractivity contribution in [3.05, 3.63) is 12.2 Å². The Labute approximate surface area is 63.1 Å². The largest absolute Gasteiger partial charge is 0.378 e. The summed E-state index contributed by atoms with van der Waals surface area (Å²) in [7, 11) is 0. The lowest BCUT2D eigenvalue weighted by Crippen LogP contribution is -1.87. The van der Waals surface area contributed by atoms with E-state index < -0.39 is 0 Å². The van der Waals surface area contributed by atoms with Crippen LogP contribution in [0.4, 0.5) is 0 Å². The first-order valence-electron chi connectivity index (χ1n) is 3.63. The van der Waals surface area contributed by atoms with Gasteiger partial charge in [-0.15, -0.1) is 0 Å². The molecule has 0 amide bonds. The summed E-state index contributed by atoms with van der Waals surface area (Å²) in [6, 6.07) is 0. The van der Waals surface area contributed by atoms with Crippen LogP contribution in [0.3, 0.4) is 0 Å². The summed E-state index contributed by atoms with van der Waals surface area (Å²) in [5.41, 5.74) is 0. The van der Waals surface area contributed by atoms with Gasteiger partial charge in [-0.1, -0.05) is 24.8 Å². The minimum absolute atomic E-state index is 0.675. The molecular weight excluding hydrogens is 124 g/mol. The molecule has 0 aromatic heterocycles. The zero-order chi connectivity index (χ0) is 7.66. The number of rotatable bonds is 3. The maximum Gasteiger partial charge on any atom is 0.0656 e. The molecule has 1 heteroatoms. The average molecular weight is 138 g/mol. The second-order valence-corrected chi connectivity index (χ2v) is 1.74. The van der Waals surface area contributed by atoms with E-state index in [2.05, 4.69) is 11.8 Å². The fraction of sp³-hybridized carbons (Fsp3) is 0.556. The van der Waals surface area contributed by atoms with Crippen LogP contribution < -0.4 is 0 Å². The second kappa shape index (κ2) is 8.26. The van der Waals surface area contributed by atoms with Gasteiger partial charge in [0.25, 0.3) is 0 Å². The fourth-order valence-electron chi connectivity index (χ4n) is 0.454. The Morgan fingerprint density at radius 2 is 2.20 bits per heavy atom. The lowest BCUT2D eigenvalue weighted by atomic mass is 10.4. The van der Waals surface area contributed by atoms with Gasteiger partial charge >= 0.3 is 0 Å². The number of ether oxygens (including phenoxy) is 1. The molecule has 0 unspecified atom stereocenters. The molecular formula is C9H14O. The first-order chi connectivity index (χ1) is 4.91. The molecule has 1 nitrogen and oxygen atoms in total. The monoisotopic (exact) mass is 138 g/mol. The molecule has 10 heavy (non-hydrogen) atoms. The average Bonchev–Trinajstić information content (AvgIpc) is 1.97. The third-order valence-electron chi connectivity index (χ3n) is 0.898. The van der Waals surface area contributed by atoms with Gasteiger partial charge in [0.05, 0.1) is 6.61 Å². The highest BCUT2D eigenvalue weighted by Crippen LogP contribution is 1.76. The summed E-state index contributed by atoms with van der Waals surface area (Å²) in [6.07, 6.45) is 4.67. The predicted molar refractivity (Wildman–Crippen MR) is 43.7 cm³/mol. The van der Waals surface area contributed by atoms with E-state index in [9.17, 15) is 0 Å². The highest BCUT2D eigenvalue weighted by molar-refractivity contribution is 5.14. The Bertz CT molecular complexity index is 137. The van der Waals surface area contributed by atoms with Gasteiger partial charge < -0.3 is 4.74 Å². The Kier molecular flexibility index (Phi) is 7.65. The van der Waals surface area contributed by atoms with Crippen molar-refractivity contribution in [1.82, 2.24) is 0 Å². The summed E-state index contributed by atoms with van der Waals surface area (Å²) in [4.78, 5) is 0. The van der Waals surface area contributed by atoms with Crippen molar-refractivity contribution in [1.29, 1.82) is 0 Å². The molecule has 0 rings (SSSR count). The molecule has 0 fully saturated rings. The van der Waals surface area contributed by atoms with Crippen LogP contribution in [-0.4, -0.2) is 13.2 Å². The van der Waals surface area contributed by atoms with E-state index in [1.165, 1.54) is 0 Å². The van der Waals surface area contributed by atoms with E-state index in [1.54, 1.807) is 0 Å². The van der Waals surface area contributed by atoms with Gasteiger partial charge in [-0.3, -0.25) is 0 Å². The number of allylic oxidation sites excluding steroid dienone is 1. The fourth-order valence-corrected chi connectivity index (χ4v) is 0.454. The lowest BCUT2D eigenvalue weighted by Gasteiger charge is -1.89. The van der Waals surface area contributed by atoms with Crippen LogP contribution in [0, 0.1) is 11.8 Å². The van der Waals surface area contributed by atoms with Gasteiger partial charge in [0.15, 0.2) is 0 Å². The van der Waals surface area contributed by atoms with Gasteiger partial charge in [0, 0.05) is 13.0 Å². The Morgan fingerprint density at radius 1 is 1.40 bits per heavy atom. The molecule has 0 atom stereocenters. The van der Waals surface area contributed by atoms with Gasteiger partial charge in [-0.05, 0) is 13.0 Å². The van der Waals surface area contributed by atoms with Crippen molar-refractivity contribution in [3.63, 3.8) is 0 Å². The van der Waals surface area contributed by atoms with Gasteiger partial charge in [0.2, 0.25) is 0 Å². The molecule has 0 bridgehead atoms. The van der Waals surface area contributed by atoms with Gasteiger partial charge in [-0.25, -0.2) is 0 Å². The summed E-state index contributed by atoms with van der Waals surface area (Å²) in [5.74, 6) is 5.82. The van der Waals surface area contributed by atoms with Crippen LogP contribution in [0.15, 0.2) is 12.2 Å². The molecule has 0 spiro atoms. The summed E-state index contributed by atoms with van der Waals surface area (Å²) >= 11 is 0. The van der Waals surface area contributed by atoms with Crippen LogP contribution in [-0.2, 0) is 4.74 Å². The first-order valence-corrected chi connectivity index (χ1v) is 3.63. The lowest BCUT2D eigenvalue weighted by molar-refractivity contribution is 0.177. The molecule has 0 aromatic rings. The Morgan fingerprint density at radius 3 is 2.80 bits per heavy atom. The molecule has 0 aromatic carbocycles. The van der Waals surface area contributed by atoms with Crippen molar-refractivity contribution >= 4 is 0 Å². The van der Waals surface area contributed by atoms with E-state index in [0.29, 0.717) is 6.61 Å². The van der Waals surface area contributed by atoms with Crippen molar-refractivity contribution in [2.24, 2.45) is 0 Å². The summed E-state index contributed by atoms with van der Waals surface area (Å²) in [6.45, 7) is 5.45. The second-order valence-electron chi connectivity index (χ2n) is 1.74. The van der Waals surface area contributed by atoms with Crippen molar-refractivity contribution in [2.45, 2.75) is 20.3 Å². The molecule has 0 saturated carbocycles. The minimum Gasteiger partial charge on any atom is -0.378 e. The SMILES string of the molecule is CCC#CC=CCOCC. The maximum absolute atomic E-state index is 5.06. The maximum atomic E-state index is 5.06. The first kappa shape index (κ1) is 9.26. The van der Waals surface area contributed by atoms with Crippen molar-refractivity contribution in [2.75, 3.05) is 13.2 Å². The van der Waals surface area contributed by atoms with Crippen LogP contribution in [0.2, 0.25) is 0 Å². The quantitative estimate of drug-likeness (QED) is 0.428. The minimum atomic E-state index is 0.675. The van der Waals surface area contributed by atoms with E-state index >= 15 is 0 Å².